The van der Waals surface area contributed by atoms with Crippen molar-refractivity contribution < 1.29 is 14.3 Å². The first-order valence-electron chi connectivity index (χ1n) is 7.19. The molecule has 0 aliphatic carbocycles. The smallest absolute Gasteiger partial charge is 0.325 e. The Hall–Kier alpha value is -2.15. The van der Waals surface area contributed by atoms with Crippen LogP contribution in [0.15, 0.2) is 47.5 Å². The Bertz CT molecular complexity index is 1040. The zero-order valence-corrected chi connectivity index (χ0v) is 15.4. The molecule has 5 nitrogen and oxygen atoms in total. The van der Waals surface area contributed by atoms with E-state index in [-0.39, 0.29) is 6.54 Å². The van der Waals surface area contributed by atoms with Crippen molar-refractivity contribution >= 4 is 56.6 Å². The van der Waals surface area contributed by atoms with E-state index in [0.717, 1.165) is 4.70 Å². The Morgan fingerprint density at radius 2 is 1.96 bits per heavy atom. The van der Waals surface area contributed by atoms with Crippen LogP contribution in [0.2, 0.25) is 10.0 Å². The highest BCUT2D eigenvalue weighted by Crippen LogP contribution is 2.25. The number of carbonyl (C=O) groups is 2. The molecule has 0 aliphatic rings. The third-order valence-corrected chi connectivity index (χ3v) is 5.02. The van der Waals surface area contributed by atoms with Gasteiger partial charge in [-0.25, -0.2) is 0 Å². The van der Waals surface area contributed by atoms with Crippen LogP contribution in [0.5, 0.6) is 0 Å². The molecule has 0 unspecified atom stereocenters. The topological polar surface area (TPSA) is 60.7 Å². The highest BCUT2D eigenvalue weighted by molar-refractivity contribution is 7.16. The van der Waals surface area contributed by atoms with E-state index >= 15 is 0 Å². The minimum atomic E-state index is -0.462. The number of esters is 1. The van der Waals surface area contributed by atoms with Crippen LogP contribution >= 0.6 is 34.5 Å². The summed E-state index contributed by atoms with van der Waals surface area (Å²) in [5.74, 6) is -0.917. The van der Waals surface area contributed by atoms with Crippen LogP contribution < -0.4 is 4.80 Å². The zero-order chi connectivity index (χ0) is 18.0. The van der Waals surface area contributed by atoms with E-state index in [1.165, 1.54) is 18.4 Å². The lowest BCUT2D eigenvalue weighted by Crippen LogP contribution is -2.22. The van der Waals surface area contributed by atoms with Gasteiger partial charge in [0.2, 0.25) is 0 Å². The molecule has 1 amide bonds. The molecular weight excluding hydrogens is 383 g/mol. The molecule has 0 saturated carbocycles. The Balaban J connectivity index is 2.17. The van der Waals surface area contributed by atoms with Crippen LogP contribution in [-0.2, 0) is 16.1 Å². The average molecular weight is 395 g/mol. The number of hydrogen-bond acceptors (Lipinski definition) is 4. The summed E-state index contributed by atoms with van der Waals surface area (Å²) in [7, 11) is 1.30. The zero-order valence-electron chi connectivity index (χ0n) is 13.0. The number of rotatable bonds is 3. The first-order chi connectivity index (χ1) is 12.0. The van der Waals surface area contributed by atoms with Gasteiger partial charge in [0.15, 0.2) is 4.80 Å². The highest BCUT2D eigenvalue weighted by atomic mass is 35.5. The summed E-state index contributed by atoms with van der Waals surface area (Å²) in [6, 6.07) is 11.9. The number of aromatic nitrogens is 1. The third kappa shape index (κ3) is 3.76. The van der Waals surface area contributed by atoms with Crippen molar-refractivity contribution in [3.63, 3.8) is 0 Å². The molecule has 0 aliphatic heterocycles. The van der Waals surface area contributed by atoms with Crippen LogP contribution in [0.1, 0.15) is 10.4 Å². The standard InChI is InChI=1S/C17H12Cl2N2O3S/c1-24-14(22)9-21-15-12(19)6-3-7-13(15)25-17(21)20-16(23)10-4-2-5-11(18)8-10/h2-8H,9H2,1H3. The monoisotopic (exact) mass is 394 g/mol. The van der Waals surface area contributed by atoms with Crippen molar-refractivity contribution in [2.75, 3.05) is 7.11 Å². The first-order valence-corrected chi connectivity index (χ1v) is 8.76. The molecular formula is C17H12Cl2N2O3S. The molecule has 1 heterocycles. The molecule has 0 N–H and O–H groups in total. The van der Waals surface area contributed by atoms with Gasteiger partial charge in [-0.1, -0.05) is 46.7 Å². The Morgan fingerprint density at radius 1 is 1.20 bits per heavy atom. The lowest BCUT2D eigenvalue weighted by molar-refractivity contribution is -0.141. The van der Waals surface area contributed by atoms with Crippen molar-refractivity contribution in [3.8, 4) is 0 Å². The van der Waals surface area contributed by atoms with E-state index in [0.29, 0.717) is 25.9 Å². The second kappa shape index (κ2) is 7.39. The predicted octanol–water partition coefficient (Wildman–Crippen LogP) is 3.92. The van der Waals surface area contributed by atoms with Gasteiger partial charge in [-0.05, 0) is 30.3 Å². The van der Waals surface area contributed by atoms with Crippen LogP contribution in [0.25, 0.3) is 10.2 Å². The summed E-state index contributed by atoms with van der Waals surface area (Å²) >= 11 is 13.5. The quantitative estimate of drug-likeness (QED) is 0.632. The summed E-state index contributed by atoms with van der Waals surface area (Å²) in [5.41, 5.74) is 0.998. The number of methoxy groups -OCH3 is 1. The molecule has 0 fully saturated rings. The third-order valence-electron chi connectivity index (χ3n) is 3.44. The van der Waals surface area contributed by atoms with E-state index in [9.17, 15) is 9.59 Å². The number of nitrogens with zero attached hydrogens (tertiary/aromatic N) is 2. The van der Waals surface area contributed by atoms with Gasteiger partial charge in [-0.2, -0.15) is 4.99 Å². The summed E-state index contributed by atoms with van der Waals surface area (Å²) < 4.78 is 7.12. The van der Waals surface area contributed by atoms with Gasteiger partial charge in [0.25, 0.3) is 5.91 Å². The molecule has 3 rings (SSSR count). The highest BCUT2D eigenvalue weighted by Gasteiger charge is 2.14. The molecule has 0 bridgehead atoms. The molecule has 2 aromatic carbocycles. The van der Waals surface area contributed by atoms with Gasteiger partial charge in [-0.15, -0.1) is 0 Å². The van der Waals surface area contributed by atoms with Crippen molar-refractivity contribution in [1.29, 1.82) is 0 Å². The summed E-state index contributed by atoms with van der Waals surface area (Å²) in [6.07, 6.45) is 0. The summed E-state index contributed by atoms with van der Waals surface area (Å²) in [5, 5.41) is 0.914. The molecule has 0 radical (unpaired) electrons. The van der Waals surface area contributed by atoms with Crippen molar-refractivity contribution in [1.82, 2.24) is 4.57 Å². The normalized spacial score (nSPS) is 11.7. The van der Waals surface area contributed by atoms with E-state index in [2.05, 4.69) is 4.99 Å². The fourth-order valence-corrected chi connectivity index (χ4v) is 3.86. The van der Waals surface area contributed by atoms with Gasteiger partial charge in [0.1, 0.15) is 6.54 Å². The minimum absolute atomic E-state index is 0.0953. The summed E-state index contributed by atoms with van der Waals surface area (Å²) in [6.45, 7) is -0.0953. The number of para-hydroxylation sites is 1. The number of halogens is 2. The maximum absolute atomic E-state index is 12.5. The Labute approximate surface area is 157 Å². The molecule has 3 aromatic rings. The lowest BCUT2D eigenvalue weighted by Gasteiger charge is -2.04. The average Bonchev–Trinajstić information content (AvgIpc) is 2.93. The van der Waals surface area contributed by atoms with Crippen LogP contribution in [0.3, 0.4) is 0 Å². The minimum Gasteiger partial charge on any atom is -0.468 e. The van der Waals surface area contributed by atoms with Crippen molar-refractivity contribution in [2.24, 2.45) is 4.99 Å². The number of hydrogen-bond donors (Lipinski definition) is 0. The fraction of sp³-hybridized carbons (Fsp3) is 0.118. The Morgan fingerprint density at radius 3 is 2.68 bits per heavy atom. The number of carbonyl (C=O) groups excluding carboxylic acids is 2. The number of benzene rings is 2. The first kappa shape index (κ1) is 17.7. The van der Waals surface area contributed by atoms with Gasteiger partial charge >= 0.3 is 5.97 Å². The molecule has 0 saturated heterocycles. The molecule has 1 aromatic heterocycles. The van der Waals surface area contributed by atoms with Crippen LogP contribution in [-0.4, -0.2) is 23.6 Å². The number of thiazole rings is 1. The van der Waals surface area contributed by atoms with Crippen LogP contribution in [0, 0.1) is 0 Å². The van der Waals surface area contributed by atoms with Crippen molar-refractivity contribution in [3.05, 3.63) is 62.9 Å². The molecule has 0 spiro atoms. The van der Waals surface area contributed by atoms with Crippen LogP contribution in [0.4, 0.5) is 0 Å². The molecule has 25 heavy (non-hydrogen) atoms. The largest absolute Gasteiger partial charge is 0.468 e. The van der Waals surface area contributed by atoms with Gasteiger partial charge in [-0.3, -0.25) is 9.59 Å². The Kier molecular flexibility index (Phi) is 5.22. The second-order valence-corrected chi connectivity index (χ2v) is 6.91. The van der Waals surface area contributed by atoms with E-state index < -0.39 is 11.9 Å². The van der Waals surface area contributed by atoms with E-state index in [4.69, 9.17) is 27.9 Å². The maximum atomic E-state index is 12.5. The molecule has 128 valence electrons. The SMILES string of the molecule is COC(=O)Cn1c(=NC(=O)c2cccc(Cl)c2)sc2cccc(Cl)c21. The van der Waals surface area contributed by atoms with Gasteiger partial charge < -0.3 is 9.30 Å². The maximum Gasteiger partial charge on any atom is 0.325 e. The van der Waals surface area contributed by atoms with E-state index in [1.807, 2.05) is 6.07 Å². The number of fused-ring (bicyclic) bond motifs is 1. The fourth-order valence-electron chi connectivity index (χ4n) is 2.29. The van der Waals surface area contributed by atoms with Crippen molar-refractivity contribution in [2.45, 2.75) is 6.54 Å². The van der Waals surface area contributed by atoms with Gasteiger partial charge in [0.05, 0.1) is 22.3 Å². The van der Waals surface area contributed by atoms with Gasteiger partial charge in [0, 0.05) is 10.6 Å². The van der Waals surface area contributed by atoms with E-state index in [1.54, 1.807) is 41.0 Å². The number of ether oxygens (including phenoxy) is 1. The molecule has 0 atom stereocenters. The second-order valence-electron chi connectivity index (χ2n) is 5.06. The summed E-state index contributed by atoms with van der Waals surface area (Å²) in [4.78, 5) is 28.7. The number of amides is 1. The molecule has 8 heteroatoms. The predicted molar refractivity (Wildman–Crippen MR) is 98.2 cm³/mol. The lowest BCUT2D eigenvalue weighted by atomic mass is 10.2.